The van der Waals surface area contributed by atoms with Gasteiger partial charge >= 0.3 is 5.97 Å². The van der Waals surface area contributed by atoms with Crippen LogP contribution in [0.5, 0.6) is 0 Å². The second-order valence-electron chi connectivity index (χ2n) is 9.35. The lowest BCUT2D eigenvalue weighted by Gasteiger charge is -2.59. The minimum Gasteiger partial charge on any atom is -0.459 e. The summed E-state index contributed by atoms with van der Waals surface area (Å²) in [4.78, 5) is 49.7. The van der Waals surface area contributed by atoms with Gasteiger partial charge in [0.2, 0.25) is 0 Å². The number of aliphatic hydroxyl groups is 1. The third-order valence-electron chi connectivity index (χ3n) is 8.30. The van der Waals surface area contributed by atoms with Crippen LogP contribution >= 0.6 is 0 Å². The van der Waals surface area contributed by atoms with Crippen molar-refractivity contribution in [3.05, 3.63) is 0 Å². The number of carbonyl (C=O) groups excluding carboxylic acids is 4. The van der Waals surface area contributed by atoms with Crippen LogP contribution in [0.1, 0.15) is 58.8 Å². The van der Waals surface area contributed by atoms with Gasteiger partial charge in [-0.15, -0.1) is 0 Å². The number of hydrogen-bond acceptors (Lipinski definition) is 6. The summed E-state index contributed by atoms with van der Waals surface area (Å²) in [6.45, 7) is 3.29. The molecule has 0 saturated heterocycles. The Labute approximate surface area is 159 Å². The summed E-state index contributed by atoms with van der Waals surface area (Å²) in [5.41, 5.74) is -1.27. The molecule has 0 aromatic heterocycles. The number of rotatable bonds is 2. The van der Waals surface area contributed by atoms with Crippen molar-refractivity contribution in [1.82, 2.24) is 0 Å². The summed E-state index contributed by atoms with van der Waals surface area (Å²) in [6.07, 6.45) is 2.95. The number of aliphatic hydroxyl groups excluding tert-OH is 1. The molecule has 0 amide bonds. The molecule has 4 aliphatic carbocycles. The average molecular weight is 376 g/mol. The number of Topliss-reactive ketones (excluding diaryl/α,β-unsaturated/α-hetero) is 2. The van der Waals surface area contributed by atoms with E-state index < -0.39 is 29.5 Å². The highest BCUT2D eigenvalue weighted by Gasteiger charge is 2.66. The van der Waals surface area contributed by atoms with Crippen molar-refractivity contribution < 1.29 is 29.0 Å². The lowest BCUT2D eigenvalue weighted by atomic mass is 9.44. The molecular formula is C21H28O6. The molecular weight excluding hydrogens is 348 g/mol. The second-order valence-corrected chi connectivity index (χ2v) is 9.35. The zero-order valence-corrected chi connectivity index (χ0v) is 16.0. The van der Waals surface area contributed by atoms with Crippen LogP contribution in [0.15, 0.2) is 0 Å². The number of hydrogen-bond donors (Lipinski definition) is 1. The molecule has 0 radical (unpaired) electrons. The van der Waals surface area contributed by atoms with Crippen molar-refractivity contribution in [1.29, 1.82) is 0 Å². The van der Waals surface area contributed by atoms with Crippen LogP contribution in [0.25, 0.3) is 0 Å². The molecule has 8 atom stereocenters. The molecule has 1 N–H and O–H groups in total. The Balaban J connectivity index is 1.74. The van der Waals surface area contributed by atoms with Crippen molar-refractivity contribution in [3.63, 3.8) is 0 Å². The highest BCUT2D eigenvalue weighted by atomic mass is 16.6. The molecule has 6 nitrogen and oxygen atoms in total. The van der Waals surface area contributed by atoms with Gasteiger partial charge in [-0.25, -0.2) is 0 Å². The van der Waals surface area contributed by atoms with E-state index in [9.17, 15) is 24.3 Å². The molecule has 148 valence electrons. The zero-order valence-electron chi connectivity index (χ0n) is 16.0. The first-order valence-electron chi connectivity index (χ1n) is 10.1. The number of ether oxygens (including phenoxy) is 1. The van der Waals surface area contributed by atoms with Gasteiger partial charge in [-0.05, 0) is 49.9 Å². The summed E-state index contributed by atoms with van der Waals surface area (Å²) in [5.74, 6) is -0.956. The van der Waals surface area contributed by atoms with Crippen molar-refractivity contribution in [2.45, 2.75) is 71.0 Å². The van der Waals surface area contributed by atoms with Crippen LogP contribution in [0.3, 0.4) is 0 Å². The molecule has 4 rings (SSSR count). The molecule has 0 bridgehead atoms. The molecule has 0 aromatic carbocycles. The smallest absolute Gasteiger partial charge is 0.303 e. The van der Waals surface area contributed by atoms with Crippen molar-refractivity contribution in [2.24, 2.45) is 34.5 Å². The maximum atomic E-state index is 13.2. The fraction of sp³-hybridized carbons (Fsp3) is 0.810. The van der Waals surface area contributed by atoms with Crippen molar-refractivity contribution in [3.8, 4) is 0 Å². The lowest BCUT2D eigenvalue weighted by molar-refractivity contribution is -0.196. The van der Waals surface area contributed by atoms with Crippen LogP contribution in [0.4, 0.5) is 0 Å². The van der Waals surface area contributed by atoms with Gasteiger partial charge < -0.3 is 14.6 Å². The van der Waals surface area contributed by atoms with Gasteiger partial charge in [0.05, 0.1) is 12.0 Å². The van der Waals surface area contributed by atoms with E-state index in [4.69, 9.17) is 4.74 Å². The molecule has 4 saturated carbocycles. The van der Waals surface area contributed by atoms with Gasteiger partial charge in [0, 0.05) is 30.6 Å². The van der Waals surface area contributed by atoms with Crippen molar-refractivity contribution in [2.75, 3.05) is 0 Å². The summed E-state index contributed by atoms with van der Waals surface area (Å²) in [6, 6.07) is 0. The normalized spacial score (nSPS) is 49.0. The number of carbonyl (C=O) groups is 4. The minimum absolute atomic E-state index is 0.00670. The molecule has 27 heavy (non-hydrogen) atoms. The summed E-state index contributed by atoms with van der Waals surface area (Å²) < 4.78 is 5.35. The van der Waals surface area contributed by atoms with Gasteiger partial charge in [0.15, 0.2) is 0 Å². The molecule has 4 fully saturated rings. The fourth-order valence-corrected chi connectivity index (χ4v) is 7.07. The fourth-order valence-electron chi connectivity index (χ4n) is 7.07. The summed E-state index contributed by atoms with van der Waals surface area (Å²) >= 11 is 0. The third-order valence-corrected chi connectivity index (χ3v) is 8.30. The Bertz CT molecular complexity index is 701. The monoisotopic (exact) mass is 376 g/mol. The largest absolute Gasteiger partial charge is 0.459 e. The van der Waals surface area contributed by atoms with E-state index in [1.165, 1.54) is 6.92 Å². The standard InChI is InChI=1S/C21H28O6/c1-11(23)27-19-15(24)6-8-21(10-22)14-5-7-20(2)13(3-4-17(20)26)12(14)9-16(25)18(19)21/h10,12-15,18-19,24H,3-9H2,1-2H3/t12-,13-,14-,15-,18-,19?,20-,21-/m0/s1. The molecule has 1 unspecified atom stereocenters. The van der Waals surface area contributed by atoms with E-state index >= 15 is 0 Å². The van der Waals surface area contributed by atoms with Gasteiger partial charge in [0.25, 0.3) is 0 Å². The average Bonchev–Trinajstić information content (AvgIpc) is 2.92. The van der Waals surface area contributed by atoms with Crippen LogP contribution in [-0.2, 0) is 23.9 Å². The molecule has 0 aliphatic heterocycles. The highest BCUT2D eigenvalue weighted by Crippen LogP contribution is 2.64. The Morgan fingerprint density at radius 1 is 1.19 bits per heavy atom. The van der Waals surface area contributed by atoms with E-state index in [0.29, 0.717) is 25.7 Å². The topological polar surface area (TPSA) is 97.7 Å². The number of esters is 1. The van der Waals surface area contributed by atoms with Gasteiger partial charge in [-0.3, -0.25) is 14.4 Å². The summed E-state index contributed by atoms with van der Waals surface area (Å²) in [7, 11) is 0. The second kappa shape index (κ2) is 6.23. The van der Waals surface area contributed by atoms with Crippen LogP contribution < -0.4 is 0 Å². The van der Waals surface area contributed by atoms with E-state index in [0.717, 1.165) is 25.5 Å². The Kier molecular flexibility index (Phi) is 4.33. The van der Waals surface area contributed by atoms with Crippen molar-refractivity contribution >= 4 is 23.8 Å². The first-order valence-corrected chi connectivity index (χ1v) is 10.1. The number of ketones is 2. The van der Waals surface area contributed by atoms with Gasteiger partial charge in [-0.2, -0.15) is 0 Å². The Morgan fingerprint density at radius 2 is 1.93 bits per heavy atom. The minimum atomic E-state index is -0.951. The van der Waals surface area contributed by atoms with Crippen LogP contribution in [0, 0.1) is 34.5 Å². The first kappa shape index (κ1) is 18.8. The number of aldehydes is 1. The molecule has 0 heterocycles. The quantitative estimate of drug-likeness (QED) is 0.583. The van der Waals surface area contributed by atoms with Crippen LogP contribution in [-0.4, -0.2) is 41.1 Å². The molecule has 0 aromatic rings. The summed E-state index contributed by atoms with van der Waals surface area (Å²) in [5, 5.41) is 10.4. The van der Waals surface area contributed by atoms with Gasteiger partial charge in [0.1, 0.15) is 24.0 Å². The molecule has 4 aliphatic rings. The SMILES string of the molecule is CC(=O)OC1[C@@H](O)CC[C@@]2(C=O)[C@H]1C(=O)C[C@@H]1[C@@H]2CC[C@]2(C)C(=O)CC[C@@H]12. The van der Waals surface area contributed by atoms with E-state index in [2.05, 4.69) is 0 Å². The number of fused-ring (bicyclic) bond motifs is 5. The Hall–Kier alpha value is -1.56. The lowest BCUT2D eigenvalue weighted by Crippen LogP contribution is -2.64. The van der Waals surface area contributed by atoms with Gasteiger partial charge in [-0.1, -0.05) is 6.92 Å². The Morgan fingerprint density at radius 3 is 2.59 bits per heavy atom. The van der Waals surface area contributed by atoms with E-state index in [1.807, 2.05) is 6.92 Å². The first-order chi connectivity index (χ1) is 12.7. The molecule has 6 heteroatoms. The van der Waals surface area contributed by atoms with E-state index in [1.54, 1.807) is 0 Å². The maximum absolute atomic E-state index is 13.2. The highest BCUT2D eigenvalue weighted by molar-refractivity contribution is 5.90. The predicted molar refractivity (Wildman–Crippen MR) is 94.5 cm³/mol. The zero-order chi connectivity index (χ0) is 19.6. The van der Waals surface area contributed by atoms with E-state index in [-0.39, 0.29) is 34.7 Å². The van der Waals surface area contributed by atoms with Crippen LogP contribution in [0.2, 0.25) is 0 Å². The molecule has 0 spiro atoms. The maximum Gasteiger partial charge on any atom is 0.303 e. The third kappa shape index (κ3) is 2.48. The predicted octanol–water partition coefficient (Wildman–Crippen LogP) is 1.86.